The maximum Gasteiger partial charge on any atom is 0.243 e. The number of hydrogen-bond acceptors (Lipinski definition) is 3. The van der Waals surface area contributed by atoms with Crippen molar-refractivity contribution in [3.8, 4) is 0 Å². The van der Waals surface area contributed by atoms with Crippen LogP contribution in [-0.4, -0.2) is 37.5 Å². The van der Waals surface area contributed by atoms with Crippen LogP contribution >= 0.6 is 0 Å². The molecule has 0 aromatic heterocycles. The molecule has 0 fully saturated rings. The molecule has 6 heteroatoms. The molecule has 20 heavy (non-hydrogen) atoms. The summed E-state index contributed by atoms with van der Waals surface area (Å²) in [5.41, 5.74) is 0.416. The lowest BCUT2D eigenvalue weighted by atomic mass is 10.2. The van der Waals surface area contributed by atoms with Crippen molar-refractivity contribution < 1.29 is 17.9 Å². The van der Waals surface area contributed by atoms with Crippen molar-refractivity contribution in [2.45, 2.75) is 38.0 Å². The molecule has 114 valence electrons. The predicted molar refractivity (Wildman–Crippen MR) is 76.5 cm³/mol. The van der Waals surface area contributed by atoms with Gasteiger partial charge in [0.25, 0.3) is 0 Å². The van der Waals surface area contributed by atoms with E-state index in [1.54, 1.807) is 6.92 Å². The van der Waals surface area contributed by atoms with Crippen LogP contribution in [-0.2, 0) is 10.0 Å². The zero-order chi connectivity index (χ0) is 15.2. The molecule has 1 rings (SSSR count). The molecule has 0 unspecified atom stereocenters. The Morgan fingerprint density at radius 3 is 2.45 bits per heavy atom. The van der Waals surface area contributed by atoms with E-state index in [1.165, 1.54) is 16.4 Å². The zero-order valence-electron chi connectivity index (χ0n) is 12.0. The Morgan fingerprint density at radius 2 is 1.90 bits per heavy atom. The molecule has 1 N–H and O–H groups in total. The number of nitrogens with zero attached hydrogens (tertiary/aromatic N) is 1. The van der Waals surface area contributed by atoms with E-state index in [1.807, 2.05) is 6.92 Å². The van der Waals surface area contributed by atoms with E-state index in [0.717, 1.165) is 18.9 Å². The van der Waals surface area contributed by atoms with Crippen molar-refractivity contribution in [3.05, 3.63) is 29.6 Å². The summed E-state index contributed by atoms with van der Waals surface area (Å²) in [7, 11) is -3.70. The maximum absolute atomic E-state index is 13.6. The van der Waals surface area contributed by atoms with Crippen LogP contribution in [0.2, 0.25) is 0 Å². The van der Waals surface area contributed by atoms with Gasteiger partial charge in [-0.15, -0.1) is 0 Å². The molecule has 0 saturated carbocycles. The third-order valence-corrected chi connectivity index (χ3v) is 5.00. The Morgan fingerprint density at radius 1 is 1.25 bits per heavy atom. The van der Waals surface area contributed by atoms with Gasteiger partial charge in [-0.25, -0.2) is 12.8 Å². The van der Waals surface area contributed by atoms with Crippen LogP contribution in [0.25, 0.3) is 0 Å². The van der Waals surface area contributed by atoms with Crippen LogP contribution in [0.4, 0.5) is 4.39 Å². The Bertz CT molecular complexity index is 523. The topological polar surface area (TPSA) is 57.6 Å². The molecule has 0 aliphatic carbocycles. The van der Waals surface area contributed by atoms with Gasteiger partial charge in [-0.3, -0.25) is 0 Å². The number of aliphatic hydroxyl groups is 1. The average Bonchev–Trinajstić information content (AvgIpc) is 2.41. The van der Waals surface area contributed by atoms with Gasteiger partial charge in [0, 0.05) is 19.7 Å². The molecular weight excluding hydrogens is 281 g/mol. The summed E-state index contributed by atoms with van der Waals surface area (Å²) >= 11 is 0. The highest BCUT2D eigenvalue weighted by atomic mass is 32.2. The number of hydrogen-bond donors (Lipinski definition) is 1. The Balaban J connectivity index is 3.03. The maximum atomic E-state index is 13.6. The van der Waals surface area contributed by atoms with Crippen molar-refractivity contribution in [2.24, 2.45) is 0 Å². The summed E-state index contributed by atoms with van der Waals surface area (Å²) in [5.74, 6) is -0.524. The lowest BCUT2D eigenvalue weighted by molar-refractivity contribution is 0.268. The molecule has 0 bridgehead atoms. The van der Waals surface area contributed by atoms with Gasteiger partial charge in [-0.2, -0.15) is 4.31 Å². The number of aliphatic hydroxyl groups excluding tert-OH is 1. The van der Waals surface area contributed by atoms with Crippen LogP contribution < -0.4 is 0 Å². The van der Waals surface area contributed by atoms with E-state index >= 15 is 0 Å². The average molecular weight is 303 g/mol. The second-order valence-corrected chi connectivity index (χ2v) is 6.68. The van der Waals surface area contributed by atoms with Gasteiger partial charge in [0.2, 0.25) is 10.0 Å². The number of benzene rings is 1. The number of unbranched alkanes of at least 4 members (excludes halogenated alkanes) is 1. The van der Waals surface area contributed by atoms with Gasteiger partial charge in [-0.05, 0) is 37.5 Å². The Hall–Kier alpha value is -0.980. The summed E-state index contributed by atoms with van der Waals surface area (Å²) in [6.07, 6.45) is 1.98. The highest BCUT2D eigenvalue weighted by Crippen LogP contribution is 2.19. The molecule has 0 amide bonds. The first-order chi connectivity index (χ1) is 9.43. The van der Waals surface area contributed by atoms with E-state index in [0.29, 0.717) is 18.5 Å². The van der Waals surface area contributed by atoms with Crippen LogP contribution in [0.3, 0.4) is 0 Å². The zero-order valence-corrected chi connectivity index (χ0v) is 12.8. The van der Waals surface area contributed by atoms with Gasteiger partial charge >= 0.3 is 0 Å². The highest BCUT2D eigenvalue weighted by Gasteiger charge is 2.24. The van der Waals surface area contributed by atoms with E-state index in [4.69, 9.17) is 5.11 Å². The third-order valence-electron chi connectivity index (χ3n) is 3.11. The van der Waals surface area contributed by atoms with E-state index in [2.05, 4.69) is 0 Å². The monoisotopic (exact) mass is 303 g/mol. The SMILES string of the molecule is CCCCN(CCCO)S(=O)(=O)c1ccc(C)c(F)c1. The normalized spacial score (nSPS) is 12.1. The fourth-order valence-electron chi connectivity index (χ4n) is 1.82. The molecule has 1 aromatic carbocycles. The molecular formula is C14H22FNO3S. The second kappa shape index (κ2) is 7.71. The van der Waals surface area contributed by atoms with Gasteiger partial charge < -0.3 is 5.11 Å². The molecule has 0 aliphatic heterocycles. The molecule has 0 heterocycles. The summed E-state index contributed by atoms with van der Waals surface area (Å²) < 4.78 is 39.8. The predicted octanol–water partition coefficient (Wildman–Crippen LogP) is 2.31. The van der Waals surface area contributed by atoms with Crippen molar-refractivity contribution >= 4 is 10.0 Å². The van der Waals surface area contributed by atoms with Crippen LogP contribution in [0.15, 0.2) is 23.1 Å². The minimum absolute atomic E-state index is 0.0327. The highest BCUT2D eigenvalue weighted by molar-refractivity contribution is 7.89. The standard InChI is InChI=1S/C14H22FNO3S/c1-3-4-8-16(9-5-10-17)20(18,19)13-7-6-12(2)14(15)11-13/h6-7,11,17H,3-5,8-10H2,1-2H3. The first kappa shape index (κ1) is 17.1. The van der Waals surface area contributed by atoms with Crippen LogP contribution in [0.5, 0.6) is 0 Å². The minimum atomic E-state index is -3.70. The Kier molecular flexibility index (Phi) is 6.58. The quantitative estimate of drug-likeness (QED) is 0.802. The number of rotatable bonds is 8. The van der Waals surface area contributed by atoms with E-state index in [9.17, 15) is 12.8 Å². The number of aryl methyl sites for hydroxylation is 1. The lowest BCUT2D eigenvalue weighted by Gasteiger charge is -2.22. The van der Waals surface area contributed by atoms with Crippen molar-refractivity contribution in [3.63, 3.8) is 0 Å². The molecule has 4 nitrogen and oxygen atoms in total. The van der Waals surface area contributed by atoms with Gasteiger partial charge in [0.05, 0.1) is 4.90 Å². The van der Waals surface area contributed by atoms with Crippen molar-refractivity contribution in [2.75, 3.05) is 19.7 Å². The summed E-state index contributed by atoms with van der Waals surface area (Å²) in [6.45, 7) is 4.12. The molecule has 0 spiro atoms. The first-order valence-electron chi connectivity index (χ1n) is 6.80. The molecule has 0 atom stereocenters. The van der Waals surface area contributed by atoms with Crippen LogP contribution in [0.1, 0.15) is 31.7 Å². The molecule has 0 aliphatic rings. The summed E-state index contributed by atoms with van der Waals surface area (Å²) in [5, 5.41) is 8.88. The van der Waals surface area contributed by atoms with Gasteiger partial charge in [-0.1, -0.05) is 19.4 Å². The van der Waals surface area contributed by atoms with Crippen molar-refractivity contribution in [1.82, 2.24) is 4.31 Å². The molecule has 0 saturated heterocycles. The summed E-state index contributed by atoms with van der Waals surface area (Å²) in [6, 6.07) is 3.94. The van der Waals surface area contributed by atoms with Crippen LogP contribution in [0, 0.1) is 12.7 Å². The fraction of sp³-hybridized carbons (Fsp3) is 0.571. The van der Waals surface area contributed by atoms with Gasteiger partial charge in [0.15, 0.2) is 0 Å². The van der Waals surface area contributed by atoms with Gasteiger partial charge in [0.1, 0.15) is 5.82 Å². The second-order valence-electron chi connectivity index (χ2n) is 4.75. The lowest BCUT2D eigenvalue weighted by Crippen LogP contribution is -2.33. The number of halogens is 1. The van der Waals surface area contributed by atoms with E-state index in [-0.39, 0.29) is 18.0 Å². The third kappa shape index (κ3) is 4.26. The largest absolute Gasteiger partial charge is 0.396 e. The minimum Gasteiger partial charge on any atom is -0.396 e. The first-order valence-corrected chi connectivity index (χ1v) is 8.24. The molecule has 0 radical (unpaired) electrons. The van der Waals surface area contributed by atoms with E-state index < -0.39 is 15.8 Å². The van der Waals surface area contributed by atoms with Crippen molar-refractivity contribution in [1.29, 1.82) is 0 Å². The number of sulfonamides is 1. The summed E-state index contributed by atoms with van der Waals surface area (Å²) in [4.78, 5) is -0.0327. The Labute approximate surface area is 120 Å². The fourth-order valence-corrected chi connectivity index (χ4v) is 3.35. The molecule has 1 aromatic rings. The smallest absolute Gasteiger partial charge is 0.243 e.